The summed E-state index contributed by atoms with van der Waals surface area (Å²) in [6.45, 7) is 0.813. The highest BCUT2D eigenvalue weighted by Gasteiger charge is 2.38. The van der Waals surface area contributed by atoms with Crippen molar-refractivity contribution in [2.75, 3.05) is 25.6 Å². The van der Waals surface area contributed by atoms with Gasteiger partial charge in [-0.05, 0) is 41.7 Å². The van der Waals surface area contributed by atoms with Crippen molar-refractivity contribution in [2.24, 2.45) is 0 Å². The number of carboxylic acid groups (broad SMARTS) is 2. The van der Waals surface area contributed by atoms with Gasteiger partial charge in [-0.25, -0.2) is 9.78 Å². The van der Waals surface area contributed by atoms with Crippen molar-refractivity contribution in [3.8, 4) is 11.1 Å². The van der Waals surface area contributed by atoms with Crippen LogP contribution in [0.3, 0.4) is 0 Å². The summed E-state index contributed by atoms with van der Waals surface area (Å²) in [7, 11) is 1.52. The van der Waals surface area contributed by atoms with E-state index in [1.165, 1.54) is 7.11 Å². The van der Waals surface area contributed by atoms with E-state index in [0.29, 0.717) is 18.5 Å². The fraction of sp³-hybridized carbons (Fsp3) is 0.323. The minimum atomic E-state index is -5.08. The van der Waals surface area contributed by atoms with Crippen molar-refractivity contribution in [2.45, 2.75) is 43.9 Å². The number of alkyl halides is 3. The Hall–Kier alpha value is -4.98. The first-order valence-electron chi connectivity index (χ1n) is 13.8. The SMILES string of the molecule is COCC[C@H](NC(=O)CCCNc1ccccn1)C(=O)NC(CC(=O)O)c1ccc(-c2ccccc2)cc1.O=C(O)C(F)(F)F. The number of aromatic nitrogens is 1. The molecule has 14 heteroatoms. The number of rotatable bonds is 15. The summed E-state index contributed by atoms with van der Waals surface area (Å²) in [5.41, 5.74) is 2.69. The zero-order valence-corrected chi connectivity index (χ0v) is 24.4. The van der Waals surface area contributed by atoms with Crippen LogP contribution >= 0.6 is 0 Å². The van der Waals surface area contributed by atoms with E-state index in [1.54, 1.807) is 6.20 Å². The number of methoxy groups -OCH3 is 1. The van der Waals surface area contributed by atoms with Crippen LogP contribution in [0.2, 0.25) is 0 Å². The van der Waals surface area contributed by atoms with Crippen molar-refractivity contribution < 1.29 is 47.3 Å². The van der Waals surface area contributed by atoms with Crippen LogP contribution in [-0.2, 0) is 23.9 Å². The van der Waals surface area contributed by atoms with E-state index in [9.17, 15) is 32.7 Å². The average molecular weight is 633 g/mol. The molecule has 3 rings (SSSR count). The molecule has 242 valence electrons. The highest BCUT2D eigenvalue weighted by atomic mass is 19.4. The second-order valence-corrected chi connectivity index (χ2v) is 9.60. The van der Waals surface area contributed by atoms with Gasteiger partial charge in [0, 0.05) is 32.9 Å². The van der Waals surface area contributed by atoms with Crippen LogP contribution in [-0.4, -0.2) is 71.4 Å². The number of hydrogen-bond acceptors (Lipinski definition) is 7. The topological polar surface area (TPSA) is 167 Å². The summed E-state index contributed by atoms with van der Waals surface area (Å²) in [4.78, 5) is 50.4. The first kappa shape index (κ1) is 36.2. The third-order valence-corrected chi connectivity index (χ3v) is 6.17. The van der Waals surface area contributed by atoms with Crippen LogP contribution in [0.25, 0.3) is 11.1 Å². The quantitative estimate of drug-likeness (QED) is 0.152. The number of carboxylic acids is 2. The molecule has 0 spiro atoms. The summed E-state index contributed by atoms with van der Waals surface area (Å²) in [5.74, 6) is -3.80. The molecule has 5 N–H and O–H groups in total. The van der Waals surface area contributed by atoms with E-state index in [1.807, 2.05) is 72.8 Å². The molecule has 0 radical (unpaired) electrons. The lowest BCUT2D eigenvalue weighted by Crippen LogP contribution is -2.48. The summed E-state index contributed by atoms with van der Waals surface area (Å²) in [6, 6.07) is 21.2. The van der Waals surface area contributed by atoms with Gasteiger partial charge in [0.25, 0.3) is 0 Å². The standard InChI is InChI=1S/C29H34N4O5.C2HF3O2/c1-38-19-16-24(32-27(34)11-7-18-31-26-10-5-6-17-30-26)29(37)33-25(20-28(35)36)23-14-12-22(13-15-23)21-8-3-2-4-9-21;3-2(4,5)1(6)7/h2-6,8-10,12-15,17,24-25H,7,11,16,18-20H2,1H3,(H,30,31)(H,32,34)(H,33,37)(H,35,36);(H,6,7)/t24-,25?;/m0./s1. The van der Waals surface area contributed by atoms with Crippen LogP contribution in [0.4, 0.5) is 19.0 Å². The molecule has 11 nitrogen and oxygen atoms in total. The van der Waals surface area contributed by atoms with Gasteiger partial charge in [-0.15, -0.1) is 0 Å². The monoisotopic (exact) mass is 632 g/mol. The minimum absolute atomic E-state index is 0.218. The number of nitrogens with zero attached hydrogens (tertiary/aromatic N) is 1. The van der Waals surface area contributed by atoms with Crippen molar-refractivity contribution in [3.63, 3.8) is 0 Å². The second kappa shape index (κ2) is 18.6. The Kier molecular flexibility index (Phi) is 15.0. The Bertz CT molecular complexity index is 1360. The first-order valence-corrected chi connectivity index (χ1v) is 13.8. The molecule has 0 aliphatic carbocycles. The van der Waals surface area contributed by atoms with Gasteiger partial charge in [-0.1, -0.05) is 60.7 Å². The van der Waals surface area contributed by atoms with Crippen molar-refractivity contribution >= 4 is 29.6 Å². The number of nitrogens with one attached hydrogen (secondary N) is 3. The summed E-state index contributed by atoms with van der Waals surface area (Å²) in [6.07, 6.45) is -2.66. The van der Waals surface area contributed by atoms with Gasteiger partial charge in [0.1, 0.15) is 11.9 Å². The average Bonchev–Trinajstić information content (AvgIpc) is 3.01. The molecule has 1 aromatic heterocycles. The molecular weight excluding hydrogens is 597 g/mol. The Balaban J connectivity index is 0.000000900. The third kappa shape index (κ3) is 13.9. The van der Waals surface area contributed by atoms with E-state index in [-0.39, 0.29) is 31.8 Å². The highest BCUT2D eigenvalue weighted by Crippen LogP contribution is 2.24. The Morgan fingerprint density at radius 2 is 1.51 bits per heavy atom. The maximum Gasteiger partial charge on any atom is 0.490 e. The Morgan fingerprint density at radius 3 is 2.07 bits per heavy atom. The molecule has 0 saturated carbocycles. The summed E-state index contributed by atoms with van der Waals surface area (Å²) in [5, 5.41) is 25.3. The molecule has 1 unspecified atom stereocenters. The maximum atomic E-state index is 13.2. The predicted molar refractivity (Wildman–Crippen MR) is 159 cm³/mol. The molecule has 3 aromatic rings. The number of halogens is 3. The van der Waals surface area contributed by atoms with E-state index < -0.39 is 36.1 Å². The fourth-order valence-electron chi connectivity index (χ4n) is 3.94. The second-order valence-electron chi connectivity index (χ2n) is 9.60. The largest absolute Gasteiger partial charge is 0.490 e. The number of aliphatic carboxylic acids is 2. The number of ether oxygens (including phenoxy) is 1. The van der Waals surface area contributed by atoms with E-state index in [0.717, 1.165) is 16.9 Å². The summed E-state index contributed by atoms with van der Waals surface area (Å²) < 4.78 is 36.9. The normalized spacial score (nSPS) is 12.1. The number of benzene rings is 2. The lowest BCUT2D eigenvalue weighted by atomic mass is 9.98. The zero-order valence-electron chi connectivity index (χ0n) is 24.4. The smallest absolute Gasteiger partial charge is 0.481 e. The molecule has 0 aliphatic heterocycles. The lowest BCUT2D eigenvalue weighted by molar-refractivity contribution is -0.192. The van der Waals surface area contributed by atoms with Crippen LogP contribution in [0.5, 0.6) is 0 Å². The molecular formula is C31H35F3N4O7. The van der Waals surface area contributed by atoms with Crippen LogP contribution in [0.1, 0.15) is 37.3 Å². The van der Waals surface area contributed by atoms with Crippen LogP contribution in [0, 0.1) is 0 Å². The van der Waals surface area contributed by atoms with E-state index in [2.05, 4.69) is 20.9 Å². The highest BCUT2D eigenvalue weighted by molar-refractivity contribution is 5.88. The molecule has 0 saturated heterocycles. The number of carbonyl (C=O) groups is 4. The third-order valence-electron chi connectivity index (χ3n) is 6.17. The maximum absolute atomic E-state index is 13.2. The number of amides is 2. The summed E-state index contributed by atoms with van der Waals surface area (Å²) >= 11 is 0. The number of carbonyl (C=O) groups excluding carboxylic acids is 2. The van der Waals surface area contributed by atoms with Gasteiger partial charge in [0.2, 0.25) is 11.8 Å². The van der Waals surface area contributed by atoms with Crippen LogP contribution < -0.4 is 16.0 Å². The van der Waals surface area contributed by atoms with Gasteiger partial charge >= 0.3 is 18.1 Å². The number of hydrogen-bond donors (Lipinski definition) is 5. The van der Waals surface area contributed by atoms with E-state index in [4.69, 9.17) is 14.6 Å². The molecule has 0 aliphatic rings. The Morgan fingerprint density at radius 1 is 0.889 bits per heavy atom. The minimum Gasteiger partial charge on any atom is -0.481 e. The first-order chi connectivity index (χ1) is 21.4. The van der Waals surface area contributed by atoms with Gasteiger partial charge in [-0.3, -0.25) is 14.4 Å². The van der Waals surface area contributed by atoms with Crippen molar-refractivity contribution in [1.29, 1.82) is 0 Å². The predicted octanol–water partition coefficient (Wildman–Crippen LogP) is 4.43. The number of pyridine rings is 1. The molecule has 2 atom stereocenters. The van der Waals surface area contributed by atoms with Crippen molar-refractivity contribution in [3.05, 3.63) is 84.6 Å². The molecule has 0 bridgehead atoms. The lowest BCUT2D eigenvalue weighted by Gasteiger charge is -2.23. The zero-order chi connectivity index (χ0) is 33.2. The van der Waals surface area contributed by atoms with E-state index >= 15 is 0 Å². The van der Waals surface area contributed by atoms with Gasteiger partial charge in [-0.2, -0.15) is 13.2 Å². The van der Waals surface area contributed by atoms with Crippen LogP contribution in [0.15, 0.2) is 79.0 Å². The van der Waals surface area contributed by atoms with Gasteiger partial charge < -0.3 is 30.9 Å². The molecule has 45 heavy (non-hydrogen) atoms. The van der Waals surface area contributed by atoms with Gasteiger partial charge in [0.15, 0.2) is 0 Å². The van der Waals surface area contributed by atoms with Gasteiger partial charge in [0.05, 0.1) is 12.5 Å². The molecule has 0 fully saturated rings. The molecule has 1 heterocycles. The molecule has 2 amide bonds. The molecule has 2 aromatic carbocycles. The van der Waals surface area contributed by atoms with Crippen molar-refractivity contribution in [1.82, 2.24) is 15.6 Å². The number of anilines is 1. The Labute approximate surface area is 257 Å². The fourth-order valence-corrected chi connectivity index (χ4v) is 3.94.